The van der Waals surface area contributed by atoms with E-state index < -0.39 is 5.97 Å². The number of rotatable bonds is 4. The molecule has 0 spiro atoms. The fourth-order valence-corrected chi connectivity index (χ4v) is 1.51. The highest BCUT2D eigenvalue weighted by atomic mass is 35.5. The van der Waals surface area contributed by atoms with Crippen LogP contribution in [0.4, 0.5) is 5.69 Å². The Balaban J connectivity index is 1.87. The third kappa shape index (κ3) is 4.69. The summed E-state index contributed by atoms with van der Waals surface area (Å²) in [4.78, 5) is 14.9. The zero-order valence-electron chi connectivity index (χ0n) is 10.5. The molecule has 0 radical (unpaired) electrons. The lowest BCUT2D eigenvalue weighted by Gasteiger charge is -2.02. The third-order valence-corrected chi connectivity index (χ3v) is 2.60. The van der Waals surface area contributed by atoms with E-state index in [0.29, 0.717) is 10.7 Å². The first kappa shape index (κ1) is 14.0. The molecular weight excluding hydrogens is 276 g/mol. The van der Waals surface area contributed by atoms with Gasteiger partial charge in [0.25, 0.3) is 0 Å². The molecule has 0 saturated carbocycles. The minimum absolute atomic E-state index is 0.184. The van der Waals surface area contributed by atoms with Crippen LogP contribution in [0.3, 0.4) is 0 Å². The van der Waals surface area contributed by atoms with Gasteiger partial charge < -0.3 is 4.74 Å². The Morgan fingerprint density at radius 2 is 1.85 bits per heavy atom. The van der Waals surface area contributed by atoms with Gasteiger partial charge in [-0.05, 0) is 29.8 Å². The minimum atomic E-state index is -0.661. The van der Waals surface area contributed by atoms with E-state index in [-0.39, 0.29) is 6.61 Å². The topological polar surface area (TPSA) is 52.8 Å². The fourth-order valence-electron chi connectivity index (χ4n) is 1.39. The summed E-state index contributed by atoms with van der Waals surface area (Å²) in [5.74, 6) is -0.661. The number of ether oxygens (including phenoxy) is 1. The van der Waals surface area contributed by atoms with Crippen molar-refractivity contribution in [3.05, 3.63) is 65.2 Å². The van der Waals surface area contributed by atoms with Gasteiger partial charge in [-0.2, -0.15) is 0 Å². The number of halogens is 1. The van der Waals surface area contributed by atoms with Crippen LogP contribution in [0.5, 0.6) is 0 Å². The van der Waals surface area contributed by atoms with Crippen LogP contribution >= 0.6 is 11.6 Å². The Bertz CT molecular complexity index is 633. The van der Waals surface area contributed by atoms with Crippen molar-refractivity contribution in [3.63, 3.8) is 0 Å². The van der Waals surface area contributed by atoms with Crippen molar-refractivity contribution in [2.24, 2.45) is 5.11 Å². The Labute approximate surface area is 121 Å². The zero-order chi connectivity index (χ0) is 14.2. The maximum absolute atomic E-state index is 11.4. The first-order chi connectivity index (χ1) is 9.74. The van der Waals surface area contributed by atoms with Gasteiger partial charge in [0.05, 0.1) is 5.11 Å². The number of carbonyl (C=O) groups excluding carboxylic acids is 1. The summed E-state index contributed by atoms with van der Waals surface area (Å²) in [6.45, 7) is 0.184. The molecule has 0 saturated heterocycles. The maximum Gasteiger partial charge on any atom is 0.230 e. The monoisotopic (exact) mass is 286 g/mol. The molecule has 0 N–H and O–H groups in total. The average molecular weight is 287 g/mol. The Kier molecular flexibility index (Phi) is 5.07. The van der Waals surface area contributed by atoms with Crippen LogP contribution in [0, 0.1) is 0 Å². The third-order valence-electron chi connectivity index (χ3n) is 2.35. The zero-order valence-corrected chi connectivity index (χ0v) is 11.2. The summed E-state index contributed by atoms with van der Waals surface area (Å²) in [6.07, 6.45) is 2.18. The molecule has 0 aliphatic carbocycles. The number of hydrogen-bond acceptors (Lipinski definition) is 3. The largest absolute Gasteiger partial charge is 0.479 e. The standard InChI is InChI=1S/C15H11ClN2O2/c16-13-6-8-14(9-7-13)18-17-10-15(19)20-11-12-4-2-1-3-5-12/h1-9H,11H2. The van der Waals surface area contributed by atoms with E-state index in [0.717, 1.165) is 5.56 Å². The lowest BCUT2D eigenvalue weighted by Crippen LogP contribution is -2.06. The second-order valence-electron chi connectivity index (χ2n) is 3.85. The van der Waals surface area contributed by atoms with Gasteiger partial charge in [-0.3, -0.25) is 4.79 Å². The molecule has 5 heteroatoms. The highest BCUT2D eigenvalue weighted by Gasteiger charge is 1.95. The van der Waals surface area contributed by atoms with Gasteiger partial charge in [-0.25, -0.2) is 0 Å². The van der Waals surface area contributed by atoms with E-state index >= 15 is 0 Å². The van der Waals surface area contributed by atoms with Crippen molar-refractivity contribution in [2.75, 3.05) is 0 Å². The highest BCUT2D eigenvalue weighted by Crippen LogP contribution is 2.14. The maximum atomic E-state index is 11.4. The van der Waals surface area contributed by atoms with Crippen molar-refractivity contribution >= 4 is 29.5 Å². The highest BCUT2D eigenvalue weighted by molar-refractivity contribution is 6.30. The van der Waals surface area contributed by atoms with Gasteiger partial charge in [0, 0.05) is 5.02 Å². The lowest BCUT2D eigenvalue weighted by molar-refractivity contribution is -0.143. The SMILES string of the molecule is O=C([C-]=[N+]=Nc1ccc(Cl)cc1)OCc1ccccc1. The summed E-state index contributed by atoms with van der Waals surface area (Å²) in [5, 5.41) is 4.41. The average Bonchev–Trinajstić information content (AvgIpc) is 2.48. The molecule has 2 aromatic rings. The van der Waals surface area contributed by atoms with Crippen LogP contribution in [0.25, 0.3) is 0 Å². The molecule has 0 aliphatic rings. The smallest absolute Gasteiger partial charge is 0.230 e. The molecule has 0 aromatic heterocycles. The van der Waals surface area contributed by atoms with Gasteiger partial charge in [0.2, 0.25) is 5.97 Å². The summed E-state index contributed by atoms with van der Waals surface area (Å²) < 4.78 is 4.96. The first-order valence-corrected chi connectivity index (χ1v) is 6.25. The van der Waals surface area contributed by atoms with Crippen molar-refractivity contribution in [1.82, 2.24) is 0 Å². The molecule has 0 heterocycles. The summed E-state index contributed by atoms with van der Waals surface area (Å²) in [7, 11) is 0. The second kappa shape index (κ2) is 7.24. The molecule has 0 atom stereocenters. The molecule has 20 heavy (non-hydrogen) atoms. The quantitative estimate of drug-likeness (QED) is 0.285. The Morgan fingerprint density at radius 3 is 2.55 bits per heavy atom. The van der Waals surface area contributed by atoms with Crippen molar-refractivity contribution in [1.29, 1.82) is 0 Å². The lowest BCUT2D eigenvalue weighted by atomic mass is 10.2. The van der Waals surface area contributed by atoms with Crippen LogP contribution in [0.1, 0.15) is 5.56 Å². The summed E-state index contributed by atoms with van der Waals surface area (Å²) in [6, 6.07) is 16.1. The van der Waals surface area contributed by atoms with E-state index in [1.807, 2.05) is 30.3 Å². The van der Waals surface area contributed by atoms with E-state index in [1.165, 1.54) is 0 Å². The van der Waals surface area contributed by atoms with Gasteiger partial charge in [-0.15, -0.1) is 4.79 Å². The van der Waals surface area contributed by atoms with Crippen LogP contribution in [-0.2, 0) is 16.1 Å². The van der Waals surface area contributed by atoms with Crippen LogP contribution in [-0.4, -0.2) is 17.0 Å². The Morgan fingerprint density at radius 1 is 1.15 bits per heavy atom. The molecule has 100 valence electrons. The molecule has 2 rings (SSSR count). The minimum Gasteiger partial charge on any atom is -0.479 e. The van der Waals surface area contributed by atoms with E-state index in [9.17, 15) is 4.79 Å². The molecule has 4 nitrogen and oxygen atoms in total. The number of benzene rings is 2. The predicted octanol–water partition coefficient (Wildman–Crippen LogP) is 3.32. The van der Waals surface area contributed by atoms with Crippen LogP contribution < -0.4 is 0 Å². The summed E-state index contributed by atoms with van der Waals surface area (Å²) in [5.41, 5.74) is 1.48. The van der Waals surface area contributed by atoms with E-state index in [2.05, 4.69) is 16.1 Å². The van der Waals surface area contributed by atoms with Gasteiger partial charge >= 0.3 is 0 Å². The van der Waals surface area contributed by atoms with Crippen LogP contribution in [0.15, 0.2) is 59.7 Å². The van der Waals surface area contributed by atoms with Crippen molar-refractivity contribution in [3.8, 4) is 0 Å². The van der Waals surface area contributed by atoms with E-state index in [4.69, 9.17) is 16.3 Å². The molecule has 0 aliphatic heterocycles. The molecular formula is C15H11ClN2O2. The number of esters is 1. The number of carbonyl (C=O) groups is 1. The first-order valence-electron chi connectivity index (χ1n) is 5.87. The van der Waals surface area contributed by atoms with Crippen LogP contribution in [0.2, 0.25) is 5.02 Å². The number of nitrogens with zero attached hydrogens (tertiary/aromatic N) is 2. The predicted molar refractivity (Wildman–Crippen MR) is 75.0 cm³/mol. The normalized spacial score (nSPS) is 9.45. The molecule has 0 unspecified atom stereocenters. The van der Waals surface area contributed by atoms with Crippen molar-refractivity contribution in [2.45, 2.75) is 6.61 Å². The van der Waals surface area contributed by atoms with Gasteiger partial charge in [0.1, 0.15) is 18.5 Å². The molecule has 0 bridgehead atoms. The van der Waals surface area contributed by atoms with Crippen molar-refractivity contribution < 1.29 is 14.3 Å². The number of hydrogen-bond donors (Lipinski definition) is 0. The van der Waals surface area contributed by atoms with Gasteiger partial charge in [0.15, 0.2) is 0 Å². The molecule has 2 aromatic carbocycles. The second-order valence-corrected chi connectivity index (χ2v) is 4.29. The van der Waals surface area contributed by atoms with Gasteiger partial charge in [-0.1, -0.05) is 41.9 Å². The van der Waals surface area contributed by atoms with E-state index in [1.54, 1.807) is 24.3 Å². The Hall–Kier alpha value is -2.42. The summed E-state index contributed by atoms with van der Waals surface area (Å²) >= 11 is 5.73. The fraction of sp³-hybridized carbons (Fsp3) is 0.0667. The molecule has 0 amide bonds. The molecule has 0 fully saturated rings.